The van der Waals surface area contributed by atoms with Crippen LogP contribution in [0.3, 0.4) is 0 Å². The highest BCUT2D eigenvalue weighted by atomic mass is 32.1. The van der Waals surface area contributed by atoms with Gasteiger partial charge >= 0.3 is 5.97 Å². The normalized spacial score (nSPS) is 11.9. The van der Waals surface area contributed by atoms with Gasteiger partial charge in [-0.25, -0.2) is 4.79 Å². The quantitative estimate of drug-likeness (QED) is 0.523. The Morgan fingerprint density at radius 2 is 2.21 bits per heavy atom. The Balaban J connectivity index is 2.80. The minimum absolute atomic E-state index is 0.591. The predicted molar refractivity (Wildman–Crippen MR) is 57.0 cm³/mol. The van der Waals surface area contributed by atoms with Crippen molar-refractivity contribution in [2.45, 2.75) is 5.37 Å². The van der Waals surface area contributed by atoms with Crippen LogP contribution >= 0.6 is 12.6 Å². The number of ether oxygens (including phenoxy) is 1. The maximum Gasteiger partial charge on any atom is 0.336 e. The summed E-state index contributed by atoms with van der Waals surface area (Å²) in [7, 11) is 1.52. The highest BCUT2D eigenvalue weighted by Crippen LogP contribution is 2.24. The highest BCUT2D eigenvalue weighted by molar-refractivity contribution is 7.81. The molecule has 0 bridgehead atoms. The molecule has 0 saturated carbocycles. The van der Waals surface area contributed by atoms with Crippen LogP contribution in [0.4, 0.5) is 5.69 Å². The fourth-order valence-electron chi connectivity index (χ4n) is 0.973. The number of thiol groups is 1. The van der Waals surface area contributed by atoms with Gasteiger partial charge in [-0.3, -0.25) is 0 Å². The lowest BCUT2D eigenvalue weighted by molar-refractivity contribution is -0.135. The molecule has 4 nitrogen and oxygen atoms in total. The molecule has 5 heteroatoms. The molecule has 1 aromatic rings. The molecular weight excluding hydrogens is 202 g/mol. The molecule has 1 unspecified atom stereocenters. The Kier molecular flexibility index (Phi) is 3.64. The Labute approximate surface area is 87.3 Å². The summed E-state index contributed by atoms with van der Waals surface area (Å²) in [5.74, 6) is -0.438. The van der Waals surface area contributed by atoms with E-state index in [1.54, 1.807) is 24.3 Å². The number of hydrogen-bond donors (Lipinski definition) is 3. The topological polar surface area (TPSA) is 58.6 Å². The number of rotatable bonds is 4. The summed E-state index contributed by atoms with van der Waals surface area (Å²) in [5.41, 5.74) is 0.609. The lowest BCUT2D eigenvalue weighted by Gasteiger charge is -2.12. The fraction of sp³-hybridized carbons (Fsp3) is 0.222. The zero-order valence-electron chi connectivity index (χ0n) is 7.60. The van der Waals surface area contributed by atoms with Gasteiger partial charge in [0.1, 0.15) is 5.75 Å². The Morgan fingerprint density at radius 3 is 2.79 bits per heavy atom. The van der Waals surface area contributed by atoms with Gasteiger partial charge in [-0.15, -0.1) is 12.6 Å². The molecule has 0 aliphatic rings. The van der Waals surface area contributed by atoms with E-state index in [4.69, 9.17) is 9.84 Å². The van der Waals surface area contributed by atoms with Crippen molar-refractivity contribution in [1.82, 2.24) is 0 Å². The van der Waals surface area contributed by atoms with Crippen LogP contribution < -0.4 is 10.1 Å². The summed E-state index contributed by atoms with van der Waals surface area (Å²) >= 11 is 3.86. The van der Waals surface area contributed by atoms with Gasteiger partial charge in [-0.2, -0.15) is 0 Å². The van der Waals surface area contributed by atoms with Gasteiger partial charge in [0.25, 0.3) is 0 Å². The number of hydrogen-bond acceptors (Lipinski definition) is 4. The molecule has 0 saturated heterocycles. The lowest BCUT2D eigenvalue weighted by atomic mass is 10.3. The van der Waals surface area contributed by atoms with E-state index in [9.17, 15) is 4.79 Å². The molecule has 2 N–H and O–H groups in total. The second-order valence-corrected chi connectivity index (χ2v) is 3.10. The summed E-state index contributed by atoms with van der Waals surface area (Å²) < 4.78 is 5.04. The first kappa shape index (κ1) is 10.7. The zero-order chi connectivity index (χ0) is 10.6. The van der Waals surface area contributed by atoms with Crippen LogP contribution in [0.25, 0.3) is 0 Å². The first-order chi connectivity index (χ1) is 6.65. The Hall–Kier alpha value is -1.36. The molecule has 1 atom stereocenters. The monoisotopic (exact) mass is 213 g/mol. The minimum atomic E-state index is -1.03. The van der Waals surface area contributed by atoms with Gasteiger partial charge in [0, 0.05) is 0 Å². The number of methoxy groups -OCH3 is 1. The predicted octanol–water partition coefficient (Wildman–Crippen LogP) is 1.45. The molecule has 0 heterocycles. The largest absolute Gasteiger partial charge is 0.495 e. The van der Waals surface area contributed by atoms with Crippen molar-refractivity contribution in [2.75, 3.05) is 12.4 Å². The van der Waals surface area contributed by atoms with Crippen molar-refractivity contribution >= 4 is 24.3 Å². The number of anilines is 1. The third-order valence-corrected chi connectivity index (χ3v) is 1.98. The van der Waals surface area contributed by atoms with Crippen molar-refractivity contribution in [3.63, 3.8) is 0 Å². The van der Waals surface area contributed by atoms with Crippen molar-refractivity contribution in [3.8, 4) is 5.75 Å². The summed E-state index contributed by atoms with van der Waals surface area (Å²) in [5, 5.41) is 10.4. The van der Waals surface area contributed by atoms with Crippen LogP contribution in [0.15, 0.2) is 24.3 Å². The zero-order valence-corrected chi connectivity index (χ0v) is 8.49. The van der Waals surface area contributed by atoms with Crippen LogP contribution in [-0.2, 0) is 4.79 Å². The third kappa shape index (κ3) is 2.56. The molecule has 0 aromatic heterocycles. The van der Waals surface area contributed by atoms with Crippen LogP contribution in [0, 0.1) is 0 Å². The average molecular weight is 213 g/mol. The Morgan fingerprint density at radius 1 is 1.57 bits per heavy atom. The maximum atomic E-state index is 10.5. The molecule has 14 heavy (non-hydrogen) atoms. The van der Waals surface area contributed by atoms with Crippen LogP contribution in [-0.4, -0.2) is 23.6 Å². The van der Waals surface area contributed by atoms with Gasteiger partial charge in [0.05, 0.1) is 12.8 Å². The van der Waals surface area contributed by atoms with Gasteiger partial charge in [0.15, 0.2) is 5.37 Å². The van der Waals surface area contributed by atoms with Gasteiger partial charge in [0.2, 0.25) is 0 Å². The third-order valence-electron chi connectivity index (χ3n) is 1.63. The van der Waals surface area contributed by atoms with Crippen molar-refractivity contribution in [1.29, 1.82) is 0 Å². The Bertz CT molecular complexity index is 330. The molecule has 1 rings (SSSR count). The lowest BCUT2D eigenvalue weighted by Crippen LogP contribution is -2.23. The summed E-state index contributed by atoms with van der Waals surface area (Å²) in [4.78, 5) is 10.5. The second kappa shape index (κ2) is 4.76. The van der Waals surface area contributed by atoms with E-state index < -0.39 is 11.3 Å². The maximum absolute atomic E-state index is 10.5. The van der Waals surface area contributed by atoms with Crippen molar-refractivity contribution in [3.05, 3.63) is 24.3 Å². The molecule has 0 radical (unpaired) electrons. The number of nitrogens with one attached hydrogen (secondary N) is 1. The van der Waals surface area contributed by atoms with E-state index in [-0.39, 0.29) is 0 Å². The first-order valence-corrected chi connectivity index (χ1v) is 4.47. The number of benzene rings is 1. The van der Waals surface area contributed by atoms with E-state index in [0.717, 1.165) is 0 Å². The summed E-state index contributed by atoms with van der Waals surface area (Å²) in [6.45, 7) is 0. The number of carboxylic acids is 1. The molecule has 76 valence electrons. The average Bonchev–Trinajstić information content (AvgIpc) is 2.18. The van der Waals surface area contributed by atoms with E-state index in [1.807, 2.05) is 0 Å². The summed E-state index contributed by atoms with van der Waals surface area (Å²) in [6.07, 6.45) is 0. The van der Waals surface area contributed by atoms with E-state index in [2.05, 4.69) is 17.9 Å². The molecule has 0 aliphatic carbocycles. The molecule has 1 aromatic carbocycles. The van der Waals surface area contributed by atoms with E-state index >= 15 is 0 Å². The van der Waals surface area contributed by atoms with Crippen molar-refractivity contribution < 1.29 is 14.6 Å². The number of carboxylic acid groups (broad SMARTS) is 1. The fourth-order valence-corrected chi connectivity index (χ4v) is 1.11. The molecule has 0 amide bonds. The number of carbonyl (C=O) groups is 1. The van der Waals surface area contributed by atoms with Crippen LogP contribution in [0.5, 0.6) is 5.75 Å². The standard InChI is InChI=1S/C9H11NO3S/c1-13-7-5-3-2-4-6(7)10-8(14)9(11)12/h2-5,8,10,14H,1H3,(H,11,12). The molecule has 0 spiro atoms. The molecule has 0 fully saturated rings. The van der Waals surface area contributed by atoms with E-state index in [1.165, 1.54) is 7.11 Å². The highest BCUT2D eigenvalue weighted by Gasteiger charge is 2.12. The van der Waals surface area contributed by atoms with Crippen molar-refractivity contribution in [2.24, 2.45) is 0 Å². The number of para-hydroxylation sites is 2. The first-order valence-electron chi connectivity index (χ1n) is 3.95. The van der Waals surface area contributed by atoms with Crippen LogP contribution in [0.1, 0.15) is 0 Å². The van der Waals surface area contributed by atoms with Gasteiger partial charge in [-0.05, 0) is 12.1 Å². The summed E-state index contributed by atoms with van der Waals surface area (Å²) in [6, 6.07) is 7.06. The van der Waals surface area contributed by atoms with Crippen LogP contribution in [0.2, 0.25) is 0 Å². The molecular formula is C9H11NO3S. The second-order valence-electron chi connectivity index (χ2n) is 2.59. The number of aliphatic carboxylic acids is 1. The van der Waals surface area contributed by atoms with Gasteiger partial charge < -0.3 is 15.2 Å². The molecule has 0 aliphatic heterocycles. The smallest absolute Gasteiger partial charge is 0.336 e. The van der Waals surface area contributed by atoms with Gasteiger partial charge in [-0.1, -0.05) is 12.1 Å². The SMILES string of the molecule is COc1ccccc1NC(S)C(=O)O. The van der Waals surface area contributed by atoms with E-state index in [0.29, 0.717) is 11.4 Å². The minimum Gasteiger partial charge on any atom is -0.495 e.